The highest BCUT2D eigenvalue weighted by molar-refractivity contribution is 5.21. The summed E-state index contributed by atoms with van der Waals surface area (Å²) in [4.78, 5) is 0. The summed E-state index contributed by atoms with van der Waals surface area (Å²) in [5.41, 5.74) is 2.38. The average molecular weight is 149 g/mol. The first-order valence-electron chi connectivity index (χ1n) is 3.90. The molecule has 0 amide bonds. The molecule has 1 aromatic rings. The second kappa shape index (κ2) is 3.54. The van der Waals surface area contributed by atoms with Crippen LogP contribution in [-0.4, -0.2) is 6.10 Å². The highest BCUT2D eigenvalue weighted by Gasteiger charge is 1.98. The van der Waals surface area contributed by atoms with Crippen LogP contribution in [0.5, 0.6) is 0 Å². The summed E-state index contributed by atoms with van der Waals surface area (Å²) in [6, 6.07) is 8.11. The van der Waals surface area contributed by atoms with Gasteiger partial charge in [-0.2, -0.15) is 0 Å². The Balaban J connectivity index is 2.66. The van der Waals surface area contributed by atoms with Crippen molar-refractivity contribution in [1.29, 1.82) is 0 Å². The summed E-state index contributed by atoms with van der Waals surface area (Å²) < 4.78 is 0. The standard InChI is InChI=1S/C10H13O/c1-8-3-5-10(6-4-8)7-9(2)11/h3-6,9H,7H2,1-2H3. The Morgan fingerprint density at radius 2 is 1.82 bits per heavy atom. The van der Waals surface area contributed by atoms with E-state index >= 15 is 0 Å². The molecule has 0 fully saturated rings. The molecular formula is C10H13O. The first-order valence-corrected chi connectivity index (χ1v) is 3.90. The molecule has 0 aliphatic carbocycles. The lowest BCUT2D eigenvalue weighted by Gasteiger charge is -2.01. The molecule has 59 valence electrons. The van der Waals surface area contributed by atoms with Crippen LogP contribution in [-0.2, 0) is 11.5 Å². The van der Waals surface area contributed by atoms with Gasteiger partial charge in [-0.25, -0.2) is 5.11 Å². The maximum atomic E-state index is 10.8. The van der Waals surface area contributed by atoms with Crippen LogP contribution in [0.3, 0.4) is 0 Å². The first kappa shape index (κ1) is 8.28. The average Bonchev–Trinajstić information content (AvgIpc) is 1.93. The van der Waals surface area contributed by atoms with E-state index in [4.69, 9.17) is 0 Å². The Hall–Kier alpha value is -0.820. The molecule has 1 nitrogen and oxygen atoms in total. The van der Waals surface area contributed by atoms with E-state index < -0.39 is 6.10 Å². The highest BCUT2D eigenvalue weighted by atomic mass is 16.3. The predicted molar refractivity (Wildman–Crippen MR) is 45.0 cm³/mol. The fraction of sp³-hybridized carbons (Fsp3) is 0.400. The Bertz CT molecular complexity index is 211. The SMILES string of the molecule is Cc1ccc(CC(C)[O])cc1. The van der Waals surface area contributed by atoms with Crippen molar-refractivity contribution >= 4 is 0 Å². The van der Waals surface area contributed by atoms with Gasteiger partial charge in [0.1, 0.15) is 0 Å². The molecule has 0 aliphatic heterocycles. The monoisotopic (exact) mass is 149 g/mol. The van der Waals surface area contributed by atoms with Gasteiger partial charge in [0.2, 0.25) is 0 Å². The van der Waals surface area contributed by atoms with E-state index in [1.165, 1.54) is 5.56 Å². The minimum atomic E-state index is -0.488. The van der Waals surface area contributed by atoms with E-state index in [1.807, 2.05) is 31.2 Å². The second-order valence-electron chi connectivity index (χ2n) is 3.00. The van der Waals surface area contributed by atoms with Crippen molar-refractivity contribution in [2.45, 2.75) is 26.4 Å². The lowest BCUT2D eigenvalue weighted by Crippen LogP contribution is -2.01. The van der Waals surface area contributed by atoms with Crippen LogP contribution in [0.4, 0.5) is 0 Å². The van der Waals surface area contributed by atoms with E-state index in [1.54, 1.807) is 6.92 Å². The minimum Gasteiger partial charge on any atom is -0.233 e. The third-order valence-electron chi connectivity index (χ3n) is 1.64. The Morgan fingerprint density at radius 3 is 2.27 bits per heavy atom. The molecule has 0 heterocycles. The van der Waals surface area contributed by atoms with Crippen molar-refractivity contribution in [3.63, 3.8) is 0 Å². The van der Waals surface area contributed by atoms with Crippen LogP contribution in [0.1, 0.15) is 18.1 Å². The molecule has 0 aliphatic rings. The van der Waals surface area contributed by atoms with Gasteiger partial charge in [-0.05, 0) is 19.4 Å². The summed E-state index contributed by atoms with van der Waals surface area (Å²) in [6.07, 6.45) is 0.151. The first-order chi connectivity index (χ1) is 5.18. The van der Waals surface area contributed by atoms with Crippen molar-refractivity contribution in [2.75, 3.05) is 0 Å². The maximum absolute atomic E-state index is 10.8. The molecule has 0 saturated heterocycles. The van der Waals surface area contributed by atoms with E-state index in [2.05, 4.69) is 0 Å². The summed E-state index contributed by atoms with van der Waals surface area (Å²) in [6.45, 7) is 3.74. The van der Waals surface area contributed by atoms with Crippen LogP contribution in [0.15, 0.2) is 24.3 Å². The van der Waals surface area contributed by atoms with Crippen molar-refractivity contribution < 1.29 is 5.11 Å². The molecular weight excluding hydrogens is 136 g/mol. The van der Waals surface area contributed by atoms with Crippen LogP contribution in [0.2, 0.25) is 0 Å². The summed E-state index contributed by atoms with van der Waals surface area (Å²) in [5, 5.41) is 10.8. The highest BCUT2D eigenvalue weighted by Crippen LogP contribution is 2.05. The number of hydrogen-bond donors (Lipinski definition) is 0. The van der Waals surface area contributed by atoms with E-state index in [0.29, 0.717) is 6.42 Å². The predicted octanol–water partition coefficient (Wildman–Crippen LogP) is 2.36. The van der Waals surface area contributed by atoms with Gasteiger partial charge >= 0.3 is 0 Å². The van der Waals surface area contributed by atoms with Crippen molar-refractivity contribution in [3.8, 4) is 0 Å². The number of rotatable bonds is 2. The summed E-state index contributed by atoms with van der Waals surface area (Å²) >= 11 is 0. The molecule has 0 N–H and O–H groups in total. The number of hydrogen-bond acceptors (Lipinski definition) is 0. The molecule has 0 aromatic heterocycles. The molecule has 1 unspecified atom stereocenters. The van der Waals surface area contributed by atoms with Crippen molar-refractivity contribution in [3.05, 3.63) is 35.4 Å². The lowest BCUT2D eigenvalue weighted by molar-refractivity contribution is 0.106. The zero-order valence-electron chi connectivity index (χ0n) is 7.00. The third kappa shape index (κ3) is 2.72. The fourth-order valence-electron chi connectivity index (χ4n) is 1.06. The lowest BCUT2D eigenvalue weighted by atomic mass is 10.1. The molecule has 0 bridgehead atoms. The van der Waals surface area contributed by atoms with E-state index in [-0.39, 0.29) is 0 Å². The summed E-state index contributed by atoms with van der Waals surface area (Å²) in [5.74, 6) is 0. The quantitative estimate of drug-likeness (QED) is 0.615. The maximum Gasteiger partial charge on any atom is 0.0942 e. The second-order valence-corrected chi connectivity index (χ2v) is 3.00. The largest absolute Gasteiger partial charge is 0.233 e. The fourth-order valence-corrected chi connectivity index (χ4v) is 1.06. The molecule has 1 radical (unpaired) electrons. The van der Waals surface area contributed by atoms with Gasteiger partial charge in [-0.1, -0.05) is 29.8 Å². The smallest absolute Gasteiger partial charge is 0.0942 e. The van der Waals surface area contributed by atoms with Crippen LogP contribution in [0.25, 0.3) is 0 Å². The zero-order chi connectivity index (χ0) is 8.27. The van der Waals surface area contributed by atoms with Crippen LogP contribution in [0, 0.1) is 6.92 Å². The Labute approximate surface area is 67.7 Å². The van der Waals surface area contributed by atoms with Crippen LogP contribution >= 0.6 is 0 Å². The van der Waals surface area contributed by atoms with Gasteiger partial charge in [0, 0.05) is 6.42 Å². The molecule has 1 rings (SSSR count). The van der Waals surface area contributed by atoms with Gasteiger partial charge in [0.25, 0.3) is 0 Å². The zero-order valence-corrected chi connectivity index (χ0v) is 7.00. The van der Waals surface area contributed by atoms with E-state index in [9.17, 15) is 5.11 Å². The van der Waals surface area contributed by atoms with Gasteiger partial charge in [-0.15, -0.1) is 0 Å². The molecule has 11 heavy (non-hydrogen) atoms. The minimum absolute atomic E-state index is 0.488. The van der Waals surface area contributed by atoms with Gasteiger partial charge in [0.15, 0.2) is 0 Å². The molecule has 0 saturated carbocycles. The normalized spacial score (nSPS) is 13.0. The number of benzene rings is 1. The van der Waals surface area contributed by atoms with Gasteiger partial charge < -0.3 is 0 Å². The molecule has 1 aromatic carbocycles. The van der Waals surface area contributed by atoms with E-state index in [0.717, 1.165) is 5.56 Å². The Morgan fingerprint density at radius 1 is 1.27 bits per heavy atom. The molecule has 1 atom stereocenters. The molecule has 1 heteroatoms. The topological polar surface area (TPSA) is 19.9 Å². The van der Waals surface area contributed by atoms with Gasteiger partial charge in [-0.3, -0.25) is 0 Å². The third-order valence-corrected chi connectivity index (χ3v) is 1.64. The van der Waals surface area contributed by atoms with Crippen LogP contribution < -0.4 is 0 Å². The Kier molecular flexibility index (Phi) is 2.66. The van der Waals surface area contributed by atoms with Crippen molar-refractivity contribution in [2.24, 2.45) is 0 Å². The van der Waals surface area contributed by atoms with Crippen molar-refractivity contribution in [1.82, 2.24) is 0 Å². The molecule has 0 spiro atoms. The number of aryl methyl sites for hydroxylation is 1. The van der Waals surface area contributed by atoms with Gasteiger partial charge in [0.05, 0.1) is 6.10 Å². The summed E-state index contributed by atoms with van der Waals surface area (Å²) in [7, 11) is 0.